The first-order valence-corrected chi connectivity index (χ1v) is 2.45. The molecule has 0 unspecified atom stereocenters. The second-order valence-corrected chi connectivity index (χ2v) is 1.71. The third-order valence-corrected chi connectivity index (χ3v) is 1.07. The summed E-state index contributed by atoms with van der Waals surface area (Å²) in [5.41, 5.74) is 0. The number of rotatable bonds is 2. The van der Waals surface area contributed by atoms with Gasteiger partial charge in [0.15, 0.2) is 0 Å². The third kappa shape index (κ3) is 2.87. The van der Waals surface area contributed by atoms with Crippen LogP contribution < -0.4 is 34.6 Å². The Kier molecular flexibility index (Phi) is 3.90. The zero-order valence-electron chi connectivity index (χ0n) is 5.31. The first kappa shape index (κ1) is 8.99. The monoisotopic (exact) mass is 122 g/mol. The van der Waals surface area contributed by atoms with Gasteiger partial charge in [-0.3, -0.25) is 10.6 Å². The van der Waals surface area contributed by atoms with Gasteiger partial charge >= 0.3 is 18.9 Å². The van der Waals surface area contributed by atoms with Crippen LogP contribution in [0.15, 0.2) is 0 Å². The van der Waals surface area contributed by atoms with Gasteiger partial charge in [-0.2, -0.15) is 0 Å². The standard InChI is InChI=1S/C4H8N2O2.Li/c7-4(8)1-3-5-2-6-3;/h3,5-6H,1-2H2,(H,7,8);/q;+1/p-1. The molecule has 0 aromatic rings. The van der Waals surface area contributed by atoms with E-state index in [1.54, 1.807) is 0 Å². The molecule has 0 aromatic carbocycles. The molecule has 2 N–H and O–H groups in total. The van der Waals surface area contributed by atoms with E-state index in [1.807, 2.05) is 0 Å². The van der Waals surface area contributed by atoms with Gasteiger partial charge in [0.25, 0.3) is 0 Å². The Labute approximate surface area is 65.2 Å². The van der Waals surface area contributed by atoms with Crippen LogP contribution in [0.2, 0.25) is 0 Å². The number of carbonyl (C=O) groups excluding carboxylic acids is 1. The SMILES string of the molecule is O=C([O-])CC1NCN1.[Li+]. The van der Waals surface area contributed by atoms with Crippen molar-refractivity contribution in [3.8, 4) is 0 Å². The Balaban J connectivity index is 0.000000640. The maximum atomic E-state index is 9.81. The molecule has 0 aromatic heterocycles. The van der Waals surface area contributed by atoms with E-state index in [0.29, 0.717) is 6.67 Å². The molecule has 1 heterocycles. The van der Waals surface area contributed by atoms with Gasteiger partial charge in [0.05, 0.1) is 6.17 Å². The number of carboxylic acid groups (broad SMARTS) is 1. The number of hydrogen-bond acceptors (Lipinski definition) is 4. The fourth-order valence-corrected chi connectivity index (χ4v) is 0.557. The summed E-state index contributed by atoms with van der Waals surface area (Å²) in [5.74, 6) is -1.02. The maximum Gasteiger partial charge on any atom is 1.00 e. The van der Waals surface area contributed by atoms with Crippen molar-refractivity contribution in [1.29, 1.82) is 0 Å². The molecule has 9 heavy (non-hydrogen) atoms. The van der Waals surface area contributed by atoms with Gasteiger partial charge in [-0.05, 0) is 0 Å². The van der Waals surface area contributed by atoms with Crippen molar-refractivity contribution >= 4 is 5.97 Å². The van der Waals surface area contributed by atoms with Gasteiger partial charge < -0.3 is 9.90 Å². The van der Waals surface area contributed by atoms with E-state index in [4.69, 9.17) is 0 Å². The first-order chi connectivity index (χ1) is 3.79. The van der Waals surface area contributed by atoms with E-state index in [0.717, 1.165) is 0 Å². The van der Waals surface area contributed by atoms with Crippen molar-refractivity contribution < 1.29 is 28.8 Å². The summed E-state index contributed by atoms with van der Waals surface area (Å²) >= 11 is 0. The Morgan fingerprint density at radius 1 is 1.67 bits per heavy atom. The van der Waals surface area contributed by atoms with Crippen LogP contribution in [-0.4, -0.2) is 18.8 Å². The quantitative estimate of drug-likeness (QED) is 0.359. The summed E-state index contributed by atoms with van der Waals surface area (Å²) in [5, 5.41) is 15.5. The van der Waals surface area contributed by atoms with Crippen molar-refractivity contribution in [3.05, 3.63) is 0 Å². The smallest absolute Gasteiger partial charge is 0.550 e. The van der Waals surface area contributed by atoms with Crippen molar-refractivity contribution in [2.75, 3.05) is 6.67 Å². The molecule has 0 spiro atoms. The molecule has 0 atom stereocenters. The van der Waals surface area contributed by atoms with Crippen LogP contribution in [0.3, 0.4) is 0 Å². The number of carboxylic acids is 1. The zero-order chi connectivity index (χ0) is 5.98. The Hall–Kier alpha value is -0.0126. The molecule has 0 amide bonds. The fraction of sp³-hybridized carbons (Fsp3) is 0.750. The van der Waals surface area contributed by atoms with Crippen molar-refractivity contribution in [1.82, 2.24) is 10.6 Å². The van der Waals surface area contributed by atoms with Crippen LogP contribution in [0, 0.1) is 0 Å². The number of aliphatic carboxylic acids is 1. The van der Waals surface area contributed by atoms with Crippen molar-refractivity contribution in [2.45, 2.75) is 12.6 Å². The maximum absolute atomic E-state index is 9.81. The second-order valence-electron chi connectivity index (χ2n) is 1.71. The predicted octanol–water partition coefficient (Wildman–Crippen LogP) is -5.39. The average Bonchev–Trinajstić information content (AvgIpc) is 1.55. The van der Waals surface area contributed by atoms with E-state index in [9.17, 15) is 9.90 Å². The summed E-state index contributed by atoms with van der Waals surface area (Å²) in [6.45, 7) is 0.706. The zero-order valence-corrected chi connectivity index (χ0v) is 5.31. The molecule has 0 bridgehead atoms. The normalized spacial score (nSPS) is 17.8. The summed E-state index contributed by atoms with van der Waals surface area (Å²) in [7, 11) is 0. The summed E-state index contributed by atoms with van der Waals surface area (Å²) in [6, 6.07) is 0. The second kappa shape index (κ2) is 3.91. The van der Waals surface area contributed by atoms with Crippen LogP contribution in [0.4, 0.5) is 0 Å². The van der Waals surface area contributed by atoms with Crippen LogP contribution in [0.5, 0.6) is 0 Å². The number of nitrogens with one attached hydrogen (secondary N) is 2. The minimum Gasteiger partial charge on any atom is -0.550 e. The molecule has 1 rings (SSSR count). The van der Waals surface area contributed by atoms with Crippen molar-refractivity contribution in [2.24, 2.45) is 0 Å². The van der Waals surface area contributed by atoms with Gasteiger partial charge in [0, 0.05) is 19.1 Å². The molecule has 1 aliphatic heterocycles. The van der Waals surface area contributed by atoms with E-state index in [1.165, 1.54) is 0 Å². The van der Waals surface area contributed by atoms with Crippen molar-refractivity contribution in [3.63, 3.8) is 0 Å². The molecule has 1 aliphatic rings. The van der Waals surface area contributed by atoms with E-state index >= 15 is 0 Å². The van der Waals surface area contributed by atoms with E-state index < -0.39 is 5.97 Å². The summed E-state index contributed by atoms with van der Waals surface area (Å²) in [6.07, 6.45) is -0.000000000000000666. The summed E-state index contributed by atoms with van der Waals surface area (Å²) < 4.78 is 0. The predicted molar refractivity (Wildman–Crippen MR) is 24.6 cm³/mol. The minimum atomic E-state index is -1.02. The van der Waals surface area contributed by atoms with Gasteiger partial charge in [-0.1, -0.05) is 0 Å². The minimum absolute atomic E-state index is 0. The molecular weight excluding hydrogens is 115 g/mol. The van der Waals surface area contributed by atoms with Crippen LogP contribution in [0.1, 0.15) is 6.42 Å². The Morgan fingerprint density at radius 3 is 2.33 bits per heavy atom. The molecular formula is C4H7LiN2O2. The topological polar surface area (TPSA) is 64.2 Å². The van der Waals surface area contributed by atoms with Gasteiger partial charge in [0.2, 0.25) is 0 Å². The van der Waals surface area contributed by atoms with E-state index in [2.05, 4.69) is 10.6 Å². The Bertz CT molecular complexity index is 105. The molecule has 0 aliphatic carbocycles. The van der Waals surface area contributed by atoms with Crippen LogP contribution in [0.25, 0.3) is 0 Å². The van der Waals surface area contributed by atoms with Gasteiger partial charge in [-0.15, -0.1) is 0 Å². The molecule has 0 saturated carbocycles. The molecule has 1 fully saturated rings. The largest absolute Gasteiger partial charge is 1.00 e. The van der Waals surface area contributed by atoms with Gasteiger partial charge in [0.1, 0.15) is 0 Å². The number of carbonyl (C=O) groups is 1. The molecule has 1 saturated heterocycles. The molecule has 4 nitrogen and oxygen atoms in total. The third-order valence-electron chi connectivity index (χ3n) is 1.07. The summed E-state index contributed by atoms with van der Waals surface area (Å²) in [4.78, 5) is 9.81. The van der Waals surface area contributed by atoms with Crippen LogP contribution in [-0.2, 0) is 4.79 Å². The molecule has 46 valence electrons. The van der Waals surface area contributed by atoms with Gasteiger partial charge in [-0.25, -0.2) is 0 Å². The Morgan fingerprint density at radius 2 is 2.22 bits per heavy atom. The average molecular weight is 122 g/mol. The first-order valence-electron chi connectivity index (χ1n) is 2.45. The van der Waals surface area contributed by atoms with E-state index in [-0.39, 0.29) is 31.4 Å². The molecule has 5 heteroatoms. The fourth-order valence-electron chi connectivity index (χ4n) is 0.557. The van der Waals surface area contributed by atoms with Crippen LogP contribution >= 0.6 is 0 Å². The molecule has 0 radical (unpaired) electrons. The number of hydrogen-bond donors (Lipinski definition) is 2.